The van der Waals surface area contributed by atoms with E-state index in [1.165, 1.54) is 16.4 Å². The van der Waals surface area contributed by atoms with Crippen LogP contribution >= 0.6 is 35.3 Å². The third-order valence-electron chi connectivity index (χ3n) is 7.32. The molecule has 1 aromatic heterocycles. The summed E-state index contributed by atoms with van der Waals surface area (Å²) < 4.78 is 34.3. The lowest BCUT2D eigenvalue weighted by Gasteiger charge is -2.34. The number of methoxy groups -OCH3 is 1. The fourth-order valence-electron chi connectivity index (χ4n) is 4.94. The van der Waals surface area contributed by atoms with Crippen LogP contribution in [0.1, 0.15) is 22.8 Å². The lowest BCUT2D eigenvalue weighted by atomic mass is 10.2. The molecule has 1 amide bonds. The Balaban J connectivity index is 0.00000423. The molecule has 5 rings (SSSR count). The number of carbonyl (C=O) groups is 1. The monoisotopic (exact) mass is 663 g/mol. The number of hydrogen-bond donors (Lipinski definition) is 1. The third-order valence-corrected chi connectivity index (χ3v) is 10.6. The number of aromatic nitrogens is 1. The highest BCUT2D eigenvalue weighted by molar-refractivity contribution is 7.89. The van der Waals surface area contributed by atoms with Crippen LogP contribution in [-0.4, -0.2) is 81.4 Å². The van der Waals surface area contributed by atoms with E-state index in [0.29, 0.717) is 36.0 Å². The number of nitrogens with zero attached hydrogens (tertiary/aromatic N) is 4. The molecule has 0 aliphatic carbocycles. The predicted octanol–water partition coefficient (Wildman–Crippen LogP) is 5.14. The Morgan fingerprint density at radius 3 is 2.40 bits per heavy atom. The van der Waals surface area contributed by atoms with Crippen LogP contribution in [0.2, 0.25) is 5.02 Å². The van der Waals surface area contributed by atoms with E-state index in [1.807, 2.05) is 49.4 Å². The quantitative estimate of drug-likeness (QED) is 0.237. The maximum atomic E-state index is 13.2. The number of nitrogens with one attached hydrogen (secondary N) is 1. The summed E-state index contributed by atoms with van der Waals surface area (Å²) in [5.74, 6) is 0.379. The Bertz CT molecular complexity index is 1630. The normalized spacial score (nSPS) is 14.1. The number of benzene rings is 3. The van der Waals surface area contributed by atoms with E-state index in [9.17, 15) is 13.2 Å². The van der Waals surface area contributed by atoms with Crippen molar-refractivity contribution in [1.29, 1.82) is 0 Å². The summed E-state index contributed by atoms with van der Waals surface area (Å²) in [7, 11) is -2.08. The van der Waals surface area contributed by atoms with Crippen molar-refractivity contribution in [2.24, 2.45) is 0 Å². The Labute approximate surface area is 267 Å². The molecule has 13 heteroatoms. The van der Waals surface area contributed by atoms with Crippen molar-refractivity contribution < 1.29 is 17.9 Å². The number of hydrogen-bond acceptors (Lipinski definition) is 8. The first-order chi connectivity index (χ1) is 20.3. The zero-order valence-corrected chi connectivity index (χ0v) is 27.2. The molecule has 0 bridgehead atoms. The van der Waals surface area contributed by atoms with Crippen LogP contribution in [0.4, 0.5) is 5.13 Å². The molecule has 1 aliphatic rings. The number of rotatable bonds is 11. The molecule has 1 N–H and O–H groups in total. The van der Waals surface area contributed by atoms with Crippen molar-refractivity contribution >= 4 is 66.6 Å². The van der Waals surface area contributed by atoms with Gasteiger partial charge in [0.25, 0.3) is 5.91 Å². The minimum atomic E-state index is -3.69. The maximum Gasteiger partial charge on any atom is 0.251 e. The zero-order valence-electron chi connectivity index (χ0n) is 24.0. The molecule has 2 heterocycles. The van der Waals surface area contributed by atoms with Crippen LogP contribution in [0.5, 0.6) is 5.75 Å². The Morgan fingerprint density at radius 1 is 1.05 bits per heavy atom. The summed E-state index contributed by atoms with van der Waals surface area (Å²) in [4.78, 5) is 22.3. The molecule has 0 saturated carbocycles. The number of amides is 1. The number of halogens is 2. The predicted molar refractivity (Wildman–Crippen MR) is 176 cm³/mol. The fourth-order valence-corrected chi connectivity index (χ4v) is 7.62. The number of carbonyl (C=O) groups excluding carboxylic acids is 1. The standard InChI is InChI=1S/C30H34ClN5O4S2.ClH/c1-3-36(21-22-7-5-4-6-8-22)42(38,39)24-11-9-23(10-12-24)29(37)32-15-16-34-17-19-35(20-18-34)30-33-27-26(41-30)14-13-25(31)28(27)40-2;/h4-14H,3,15-21H2,1-2H3,(H,32,37);1H. The van der Waals surface area contributed by atoms with Crippen molar-refractivity contribution in [3.05, 3.63) is 82.9 Å². The smallest absolute Gasteiger partial charge is 0.251 e. The first-order valence-corrected chi connectivity index (χ1v) is 16.5. The van der Waals surface area contributed by atoms with Gasteiger partial charge in [0.15, 0.2) is 10.9 Å². The van der Waals surface area contributed by atoms with Crippen molar-refractivity contribution in [3.63, 3.8) is 0 Å². The van der Waals surface area contributed by atoms with Crippen molar-refractivity contribution in [1.82, 2.24) is 19.5 Å². The van der Waals surface area contributed by atoms with Crippen LogP contribution in [0.25, 0.3) is 10.2 Å². The second-order valence-corrected chi connectivity index (χ2v) is 13.3. The summed E-state index contributed by atoms with van der Waals surface area (Å²) >= 11 is 7.89. The maximum absolute atomic E-state index is 13.2. The molecule has 9 nitrogen and oxygen atoms in total. The molecule has 1 fully saturated rings. The number of anilines is 1. The summed E-state index contributed by atoms with van der Waals surface area (Å²) in [6.07, 6.45) is 0. The molecular formula is C30H35Cl2N5O4S2. The lowest BCUT2D eigenvalue weighted by Crippen LogP contribution is -2.48. The van der Waals surface area contributed by atoms with Crippen molar-refractivity contribution in [3.8, 4) is 5.75 Å². The molecular weight excluding hydrogens is 629 g/mol. The lowest BCUT2D eigenvalue weighted by molar-refractivity contribution is 0.0947. The van der Waals surface area contributed by atoms with E-state index in [-0.39, 0.29) is 23.2 Å². The fraction of sp³-hybridized carbons (Fsp3) is 0.333. The molecule has 43 heavy (non-hydrogen) atoms. The van der Waals surface area contributed by atoms with E-state index in [0.717, 1.165) is 53.6 Å². The molecule has 1 saturated heterocycles. The summed E-state index contributed by atoms with van der Waals surface area (Å²) in [6, 6.07) is 19.4. The summed E-state index contributed by atoms with van der Waals surface area (Å²) in [5.41, 5.74) is 2.13. The van der Waals surface area contributed by atoms with Gasteiger partial charge < -0.3 is 15.0 Å². The van der Waals surface area contributed by atoms with Gasteiger partial charge in [0.2, 0.25) is 10.0 Å². The average Bonchev–Trinajstić information content (AvgIpc) is 3.45. The largest absolute Gasteiger partial charge is 0.493 e. The molecule has 0 unspecified atom stereocenters. The number of thiazole rings is 1. The number of piperazine rings is 1. The van der Waals surface area contributed by atoms with Gasteiger partial charge in [-0.05, 0) is 42.0 Å². The van der Waals surface area contributed by atoms with E-state index in [1.54, 1.807) is 30.6 Å². The Morgan fingerprint density at radius 2 is 1.74 bits per heavy atom. The zero-order chi connectivity index (χ0) is 29.7. The van der Waals surface area contributed by atoms with Gasteiger partial charge in [-0.2, -0.15) is 4.31 Å². The summed E-state index contributed by atoms with van der Waals surface area (Å²) in [6.45, 7) is 7.05. The highest BCUT2D eigenvalue weighted by Gasteiger charge is 2.24. The Hall–Kier alpha value is -2.93. The minimum absolute atomic E-state index is 0. The van der Waals surface area contributed by atoms with Gasteiger partial charge in [0.05, 0.1) is 21.7 Å². The highest BCUT2D eigenvalue weighted by atomic mass is 35.5. The molecule has 0 spiro atoms. The van der Waals surface area contributed by atoms with Crippen LogP contribution in [0, 0.1) is 0 Å². The minimum Gasteiger partial charge on any atom is -0.493 e. The van der Waals surface area contributed by atoms with Gasteiger partial charge >= 0.3 is 0 Å². The van der Waals surface area contributed by atoms with Crippen LogP contribution in [0.3, 0.4) is 0 Å². The second-order valence-electron chi connectivity index (χ2n) is 9.95. The molecule has 1 aliphatic heterocycles. The third kappa shape index (κ3) is 7.60. The molecule has 3 aromatic carbocycles. The van der Waals surface area contributed by atoms with Gasteiger partial charge in [-0.15, -0.1) is 12.4 Å². The first kappa shape index (κ1) is 33.0. The number of ether oxygens (including phenoxy) is 1. The van der Waals surface area contributed by atoms with E-state index < -0.39 is 10.0 Å². The number of sulfonamides is 1. The molecule has 0 atom stereocenters. The van der Waals surface area contributed by atoms with Gasteiger partial charge in [0, 0.05) is 57.9 Å². The topological polar surface area (TPSA) is 95.1 Å². The molecule has 230 valence electrons. The van der Waals surface area contributed by atoms with Gasteiger partial charge in [-0.1, -0.05) is 60.2 Å². The van der Waals surface area contributed by atoms with Crippen molar-refractivity contribution in [2.45, 2.75) is 18.4 Å². The van der Waals surface area contributed by atoms with Crippen LogP contribution in [-0.2, 0) is 16.6 Å². The van der Waals surface area contributed by atoms with Gasteiger partial charge in [-0.3, -0.25) is 9.69 Å². The summed E-state index contributed by atoms with van der Waals surface area (Å²) in [5, 5.41) is 4.46. The SMILES string of the molecule is CCN(Cc1ccccc1)S(=O)(=O)c1ccc(C(=O)NCCN2CCN(c3nc4c(OC)c(Cl)ccc4s3)CC2)cc1.Cl. The van der Waals surface area contributed by atoms with E-state index >= 15 is 0 Å². The Kier molecular flexibility index (Phi) is 11.3. The number of fused-ring (bicyclic) bond motifs is 1. The first-order valence-electron chi connectivity index (χ1n) is 13.8. The van der Waals surface area contributed by atoms with E-state index in [2.05, 4.69) is 15.1 Å². The van der Waals surface area contributed by atoms with Crippen LogP contribution < -0.4 is 15.0 Å². The average molecular weight is 665 g/mol. The van der Waals surface area contributed by atoms with Crippen LogP contribution in [0.15, 0.2) is 71.6 Å². The van der Waals surface area contributed by atoms with Crippen molar-refractivity contribution in [2.75, 3.05) is 57.8 Å². The molecule has 0 radical (unpaired) electrons. The highest BCUT2D eigenvalue weighted by Crippen LogP contribution is 2.38. The molecule has 4 aromatic rings. The van der Waals surface area contributed by atoms with Gasteiger partial charge in [-0.25, -0.2) is 13.4 Å². The van der Waals surface area contributed by atoms with E-state index in [4.69, 9.17) is 21.3 Å². The second kappa shape index (κ2) is 14.7. The van der Waals surface area contributed by atoms with Gasteiger partial charge in [0.1, 0.15) is 5.52 Å².